The SMILES string of the molecule is O=C(CCc1ccccc1)Oc1ccc2c(=O)c(-c3ccc(Cl)cc3)c(C(F)(F)F)oc2c1. The van der Waals surface area contributed by atoms with Crippen LogP contribution in [0.4, 0.5) is 13.2 Å². The van der Waals surface area contributed by atoms with E-state index in [0.29, 0.717) is 11.4 Å². The van der Waals surface area contributed by atoms with Crippen LogP contribution in [0.1, 0.15) is 17.7 Å². The number of ether oxygens (including phenoxy) is 1. The number of rotatable bonds is 5. The lowest BCUT2D eigenvalue weighted by Gasteiger charge is -2.13. The van der Waals surface area contributed by atoms with Gasteiger partial charge in [0.25, 0.3) is 0 Å². The Labute approximate surface area is 191 Å². The van der Waals surface area contributed by atoms with Crippen molar-refractivity contribution < 1.29 is 27.1 Å². The third kappa shape index (κ3) is 5.09. The van der Waals surface area contributed by atoms with E-state index < -0.39 is 28.9 Å². The molecule has 4 rings (SSSR count). The summed E-state index contributed by atoms with van der Waals surface area (Å²) < 4.78 is 51.6. The summed E-state index contributed by atoms with van der Waals surface area (Å²) in [5.74, 6) is -2.01. The molecule has 0 unspecified atom stereocenters. The molecule has 0 spiro atoms. The van der Waals surface area contributed by atoms with Gasteiger partial charge in [0, 0.05) is 17.5 Å². The van der Waals surface area contributed by atoms with Crippen LogP contribution in [0.25, 0.3) is 22.1 Å². The van der Waals surface area contributed by atoms with Gasteiger partial charge in [-0.1, -0.05) is 54.1 Å². The third-order valence-electron chi connectivity index (χ3n) is 4.95. The van der Waals surface area contributed by atoms with E-state index in [-0.39, 0.29) is 28.7 Å². The van der Waals surface area contributed by atoms with Crippen LogP contribution in [0.2, 0.25) is 5.02 Å². The number of esters is 1. The van der Waals surface area contributed by atoms with E-state index in [0.717, 1.165) is 11.6 Å². The van der Waals surface area contributed by atoms with Gasteiger partial charge in [-0.15, -0.1) is 0 Å². The summed E-state index contributed by atoms with van der Waals surface area (Å²) in [6.45, 7) is 0. The fourth-order valence-corrected chi connectivity index (χ4v) is 3.51. The van der Waals surface area contributed by atoms with Gasteiger partial charge < -0.3 is 9.15 Å². The Morgan fingerprint density at radius 1 is 0.970 bits per heavy atom. The molecule has 0 amide bonds. The minimum absolute atomic E-state index is 0.0175. The number of halogens is 4. The lowest BCUT2D eigenvalue weighted by Crippen LogP contribution is -2.16. The lowest BCUT2D eigenvalue weighted by atomic mass is 10.0. The van der Waals surface area contributed by atoms with Crippen molar-refractivity contribution in [3.05, 3.63) is 99.4 Å². The van der Waals surface area contributed by atoms with Crippen molar-refractivity contribution in [1.82, 2.24) is 0 Å². The van der Waals surface area contributed by atoms with Gasteiger partial charge in [0.1, 0.15) is 11.3 Å². The van der Waals surface area contributed by atoms with E-state index in [1.165, 1.54) is 36.4 Å². The number of alkyl halides is 3. The first-order valence-electron chi connectivity index (χ1n) is 9.91. The predicted molar refractivity (Wildman–Crippen MR) is 118 cm³/mol. The zero-order valence-electron chi connectivity index (χ0n) is 17.0. The Morgan fingerprint density at radius 3 is 2.33 bits per heavy atom. The molecule has 33 heavy (non-hydrogen) atoms. The quantitative estimate of drug-likeness (QED) is 0.240. The molecule has 0 saturated heterocycles. The van der Waals surface area contributed by atoms with Gasteiger partial charge >= 0.3 is 12.1 Å². The number of carbonyl (C=O) groups excluding carboxylic acids is 1. The Kier molecular flexibility index (Phi) is 6.24. The standard InChI is InChI=1S/C25H16ClF3O4/c26-17-9-7-16(8-10-17)22-23(31)19-12-11-18(14-20(19)33-24(22)25(27,28)29)32-21(30)13-6-15-4-2-1-3-5-15/h1-5,7-12,14H,6,13H2. The van der Waals surface area contributed by atoms with Crippen LogP contribution in [0, 0.1) is 0 Å². The van der Waals surface area contributed by atoms with Crippen molar-refractivity contribution in [2.75, 3.05) is 0 Å². The molecule has 4 aromatic rings. The number of aryl methyl sites for hydroxylation is 1. The summed E-state index contributed by atoms with van der Waals surface area (Å²) in [7, 11) is 0. The molecule has 0 radical (unpaired) electrons. The predicted octanol–water partition coefficient (Wildman–Crippen LogP) is 6.67. The highest BCUT2D eigenvalue weighted by atomic mass is 35.5. The average molecular weight is 473 g/mol. The van der Waals surface area contributed by atoms with E-state index in [2.05, 4.69) is 0 Å². The molecule has 4 nitrogen and oxygen atoms in total. The average Bonchev–Trinajstić information content (AvgIpc) is 2.78. The first kappa shape index (κ1) is 22.6. The summed E-state index contributed by atoms with van der Waals surface area (Å²) >= 11 is 5.81. The number of carbonyl (C=O) groups is 1. The van der Waals surface area contributed by atoms with Crippen LogP contribution in [-0.2, 0) is 17.4 Å². The van der Waals surface area contributed by atoms with Crippen LogP contribution in [-0.4, -0.2) is 5.97 Å². The van der Waals surface area contributed by atoms with Gasteiger partial charge in [-0.25, -0.2) is 0 Å². The summed E-state index contributed by atoms with van der Waals surface area (Å²) in [6, 6.07) is 18.4. The molecule has 0 bridgehead atoms. The topological polar surface area (TPSA) is 56.5 Å². The summed E-state index contributed by atoms with van der Waals surface area (Å²) in [5, 5.41) is 0.244. The molecular formula is C25H16ClF3O4. The van der Waals surface area contributed by atoms with Crippen molar-refractivity contribution >= 4 is 28.5 Å². The Balaban J connectivity index is 1.68. The van der Waals surface area contributed by atoms with Gasteiger partial charge in [-0.3, -0.25) is 9.59 Å². The maximum atomic E-state index is 13.7. The molecule has 0 aliphatic rings. The monoisotopic (exact) mass is 472 g/mol. The molecule has 8 heteroatoms. The highest BCUT2D eigenvalue weighted by Gasteiger charge is 2.39. The largest absolute Gasteiger partial charge is 0.450 e. The number of hydrogen-bond acceptors (Lipinski definition) is 4. The second kappa shape index (κ2) is 9.11. The molecule has 1 heterocycles. The van der Waals surface area contributed by atoms with Crippen molar-refractivity contribution in [1.29, 1.82) is 0 Å². The molecule has 0 N–H and O–H groups in total. The van der Waals surface area contributed by atoms with Gasteiger partial charge in [-0.2, -0.15) is 13.2 Å². The molecule has 0 atom stereocenters. The molecule has 1 aromatic heterocycles. The number of fused-ring (bicyclic) bond motifs is 1. The van der Waals surface area contributed by atoms with Crippen molar-refractivity contribution in [3.8, 4) is 16.9 Å². The van der Waals surface area contributed by atoms with Gasteiger partial charge in [-0.05, 0) is 41.8 Å². The van der Waals surface area contributed by atoms with Crippen LogP contribution >= 0.6 is 11.6 Å². The van der Waals surface area contributed by atoms with Crippen LogP contribution in [0.5, 0.6) is 5.75 Å². The number of benzene rings is 3. The second-order valence-electron chi connectivity index (χ2n) is 7.26. The maximum Gasteiger partial charge on any atom is 0.450 e. The van der Waals surface area contributed by atoms with Gasteiger partial charge in [0.2, 0.25) is 11.2 Å². The minimum atomic E-state index is -4.93. The van der Waals surface area contributed by atoms with Gasteiger partial charge in [0.05, 0.1) is 10.9 Å². The minimum Gasteiger partial charge on any atom is -0.450 e. The van der Waals surface area contributed by atoms with E-state index in [4.69, 9.17) is 20.8 Å². The lowest BCUT2D eigenvalue weighted by molar-refractivity contribution is -0.152. The van der Waals surface area contributed by atoms with E-state index in [1.54, 1.807) is 0 Å². The first-order chi connectivity index (χ1) is 15.7. The molecule has 0 aliphatic heterocycles. The van der Waals surface area contributed by atoms with Crippen molar-refractivity contribution in [2.45, 2.75) is 19.0 Å². The molecule has 0 saturated carbocycles. The van der Waals surface area contributed by atoms with Crippen LogP contribution < -0.4 is 10.2 Å². The smallest absolute Gasteiger partial charge is 0.450 e. The van der Waals surface area contributed by atoms with Crippen molar-refractivity contribution in [2.24, 2.45) is 0 Å². The Morgan fingerprint density at radius 2 is 1.67 bits per heavy atom. The molecule has 0 fully saturated rings. The molecular weight excluding hydrogens is 457 g/mol. The molecule has 3 aromatic carbocycles. The van der Waals surface area contributed by atoms with Crippen LogP contribution in [0.3, 0.4) is 0 Å². The van der Waals surface area contributed by atoms with Crippen molar-refractivity contribution in [3.63, 3.8) is 0 Å². The first-order valence-corrected chi connectivity index (χ1v) is 10.3. The number of hydrogen-bond donors (Lipinski definition) is 0. The summed E-state index contributed by atoms with van der Waals surface area (Å²) in [5.41, 5.74) is -0.826. The normalized spacial score (nSPS) is 11.5. The molecule has 0 aliphatic carbocycles. The maximum absolute atomic E-state index is 13.7. The van der Waals surface area contributed by atoms with Gasteiger partial charge in [0.15, 0.2) is 0 Å². The highest BCUT2D eigenvalue weighted by Crippen LogP contribution is 2.38. The van der Waals surface area contributed by atoms with E-state index in [9.17, 15) is 22.8 Å². The van der Waals surface area contributed by atoms with E-state index in [1.807, 2.05) is 30.3 Å². The Hall–Kier alpha value is -3.58. The molecule has 168 valence electrons. The Bertz CT molecular complexity index is 1360. The summed E-state index contributed by atoms with van der Waals surface area (Å²) in [6.07, 6.45) is -4.40. The third-order valence-corrected chi connectivity index (χ3v) is 5.20. The highest BCUT2D eigenvalue weighted by molar-refractivity contribution is 6.30. The zero-order chi connectivity index (χ0) is 23.6. The van der Waals surface area contributed by atoms with E-state index >= 15 is 0 Å². The van der Waals surface area contributed by atoms with Crippen LogP contribution in [0.15, 0.2) is 82.0 Å². The summed E-state index contributed by atoms with van der Waals surface area (Å²) in [4.78, 5) is 25.1. The fraction of sp³-hybridized carbons (Fsp3) is 0.120. The second-order valence-corrected chi connectivity index (χ2v) is 7.69. The fourth-order valence-electron chi connectivity index (χ4n) is 3.39. The zero-order valence-corrected chi connectivity index (χ0v) is 17.7.